The number of benzene rings is 1. The van der Waals surface area contributed by atoms with Crippen molar-refractivity contribution in [3.8, 4) is 29.2 Å². The van der Waals surface area contributed by atoms with Gasteiger partial charge in [0.15, 0.2) is 0 Å². The highest BCUT2D eigenvalue weighted by atomic mass is 16.5. The predicted molar refractivity (Wildman–Crippen MR) is 121 cm³/mol. The summed E-state index contributed by atoms with van der Waals surface area (Å²) in [5.41, 5.74) is 3.43. The van der Waals surface area contributed by atoms with Crippen LogP contribution in [0.4, 0.5) is 17.3 Å². The van der Waals surface area contributed by atoms with Gasteiger partial charge in [0, 0.05) is 43.1 Å². The highest BCUT2D eigenvalue weighted by molar-refractivity contribution is 5.80. The highest BCUT2D eigenvalue weighted by Gasteiger charge is 2.15. The van der Waals surface area contributed by atoms with Gasteiger partial charge in [0.2, 0.25) is 0 Å². The van der Waals surface area contributed by atoms with Crippen molar-refractivity contribution in [1.82, 2.24) is 20.3 Å². The Balaban J connectivity index is 1.58. The smallest absolute Gasteiger partial charge is 0.150 e. The van der Waals surface area contributed by atoms with Crippen LogP contribution in [0.3, 0.4) is 0 Å². The molecule has 0 saturated carbocycles. The third kappa shape index (κ3) is 5.28. The molecule has 1 fully saturated rings. The SMILES string of the molecule is C#Cc1cnc(Nc2cc(NC[C@H]3CNCCO3)c(-c3ccc(OC)cc3)cn2)cn1. The zero-order chi connectivity index (χ0) is 21.5. The maximum atomic E-state index is 5.82. The van der Waals surface area contributed by atoms with Gasteiger partial charge in [-0.1, -0.05) is 12.1 Å². The summed E-state index contributed by atoms with van der Waals surface area (Å²) in [6.45, 7) is 3.10. The lowest BCUT2D eigenvalue weighted by Gasteiger charge is -2.25. The van der Waals surface area contributed by atoms with E-state index in [0.717, 1.165) is 35.7 Å². The highest BCUT2D eigenvalue weighted by Crippen LogP contribution is 2.31. The number of terminal acetylenes is 1. The normalized spacial score (nSPS) is 15.7. The summed E-state index contributed by atoms with van der Waals surface area (Å²) in [5, 5.41) is 10.0. The van der Waals surface area contributed by atoms with Gasteiger partial charge >= 0.3 is 0 Å². The van der Waals surface area contributed by atoms with Crippen molar-refractivity contribution < 1.29 is 9.47 Å². The van der Waals surface area contributed by atoms with Crippen LogP contribution in [0.25, 0.3) is 11.1 Å². The van der Waals surface area contributed by atoms with Crippen LogP contribution >= 0.6 is 0 Å². The number of pyridine rings is 1. The van der Waals surface area contributed by atoms with Crippen LogP contribution in [0.15, 0.2) is 48.9 Å². The zero-order valence-corrected chi connectivity index (χ0v) is 17.3. The fraction of sp³-hybridized carbons (Fsp3) is 0.261. The molecule has 8 nitrogen and oxygen atoms in total. The van der Waals surface area contributed by atoms with Gasteiger partial charge in [-0.3, -0.25) is 0 Å². The number of hydrogen-bond acceptors (Lipinski definition) is 8. The van der Waals surface area contributed by atoms with Crippen molar-refractivity contribution >= 4 is 17.3 Å². The Kier molecular flexibility index (Phi) is 6.57. The van der Waals surface area contributed by atoms with Gasteiger partial charge in [-0.2, -0.15) is 0 Å². The Morgan fingerprint density at radius 2 is 2.00 bits per heavy atom. The molecule has 3 heterocycles. The molecule has 1 saturated heterocycles. The minimum Gasteiger partial charge on any atom is -0.497 e. The van der Waals surface area contributed by atoms with Crippen LogP contribution in [0.5, 0.6) is 5.75 Å². The molecule has 0 bridgehead atoms. The third-order valence-corrected chi connectivity index (χ3v) is 4.89. The number of methoxy groups -OCH3 is 1. The number of ether oxygens (including phenoxy) is 2. The van der Waals surface area contributed by atoms with Crippen molar-refractivity contribution in [3.63, 3.8) is 0 Å². The summed E-state index contributed by atoms with van der Waals surface area (Å²) in [6, 6.07) is 9.84. The van der Waals surface area contributed by atoms with Gasteiger partial charge in [0.05, 0.1) is 32.2 Å². The number of anilines is 3. The van der Waals surface area contributed by atoms with Crippen LogP contribution in [-0.2, 0) is 4.74 Å². The molecule has 0 radical (unpaired) electrons. The minimum atomic E-state index is 0.101. The topological polar surface area (TPSA) is 93.2 Å². The van der Waals surface area contributed by atoms with E-state index < -0.39 is 0 Å². The molecule has 3 N–H and O–H groups in total. The summed E-state index contributed by atoms with van der Waals surface area (Å²) >= 11 is 0. The van der Waals surface area contributed by atoms with Crippen LogP contribution in [0, 0.1) is 12.3 Å². The standard InChI is InChI=1S/C23H24N6O2/c1-3-17-11-27-23(15-25-17)29-22-10-21(26-13-19-12-24-8-9-31-19)20(14-28-22)16-4-6-18(30-2)7-5-16/h1,4-7,10-11,14-15,19,24H,8-9,12-13H2,2H3,(H2,26,27,28,29)/t19-/m1/s1. The number of aromatic nitrogens is 3. The van der Waals surface area contributed by atoms with E-state index in [9.17, 15) is 0 Å². The van der Waals surface area contributed by atoms with Gasteiger partial charge in [-0.25, -0.2) is 15.0 Å². The predicted octanol–water partition coefficient (Wildman–Crippen LogP) is 2.67. The first kappa shape index (κ1) is 20.6. The van der Waals surface area contributed by atoms with E-state index in [2.05, 4.69) is 36.8 Å². The quantitative estimate of drug-likeness (QED) is 0.506. The average Bonchev–Trinajstić information content (AvgIpc) is 2.84. The molecule has 1 aliphatic heterocycles. The first-order chi connectivity index (χ1) is 15.2. The van der Waals surface area contributed by atoms with Crippen molar-refractivity contribution in [2.75, 3.05) is 44.0 Å². The summed E-state index contributed by atoms with van der Waals surface area (Å²) in [6.07, 6.45) is 10.4. The van der Waals surface area contributed by atoms with E-state index in [0.29, 0.717) is 30.5 Å². The Labute approximate surface area is 181 Å². The molecule has 1 aromatic carbocycles. The van der Waals surface area contributed by atoms with Crippen molar-refractivity contribution in [3.05, 3.63) is 54.6 Å². The van der Waals surface area contributed by atoms with Crippen molar-refractivity contribution in [2.45, 2.75) is 6.10 Å². The Hall–Kier alpha value is -3.67. The van der Waals surface area contributed by atoms with Gasteiger partial charge in [-0.15, -0.1) is 6.42 Å². The molecule has 1 atom stereocenters. The summed E-state index contributed by atoms with van der Waals surface area (Å²) < 4.78 is 11.1. The monoisotopic (exact) mass is 416 g/mol. The zero-order valence-electron chi connectivity index (χ0n) is 17.3. The van der Waals surface area contributed by atoms with Crippen LogP contribution in [-0.4, -0.2) is 54.4 Å². The molecule has 1 aliphatic rings. The van der Waals surface area contributed by atoms with E-state index in [-0.39, 0.29) is 6.10 Å². The largest absolute Gasteiger partial charge is 0.497 e. The number of rotatable bonds is 7. The summed E-state index contributed by atoms with van der Waals surface area (Å²) in [7, 11) is 1.65. The second-order valence-corrected chi connectivity index (χ2v) is 6.98. The second kappa shape index (κ2) is 9.89. The summed E-state index contributed by atoms with van der Waals surface area (Å²) in [5.74, 6) is 4.47. The molecular formula is C23H24N6O2. The lowest BCUT2D eigenvalue weighted by molar-refractivity contribution is 0.0372. The van der Waals surface area contributed by atoms with Crippen LogP contribution in [0.2, 0.25) is 0 Å². The lowest BCUT2D eigenvalue weighted by Crippen LogP contribution is -2.42. The lowest BCUT2D eigenvalue weighted by atomic mass is 10.1. The molecular weight excluding hydrogens is 392 g/mol. The average molecular weight is 416 g/mol. The van der Waals surface area contributed by atoms with Gasteiger partial charge in [0.25, 0.3) is 0 Å². The molecule has 2 aromatic heterocycles. The van der Waals surface area contributed by atoms with Crippen LogP contribution in [0.1, 0.15) is 5.69 Å². The molecule has 8 heteroatoms. The van der Waals surface area contributed by atoms with E-state index >= 15 is 0 Å². The first-order valence-corrected chi connectivity index (χ1v) is 10.0. The summed E-state index contributed by atoms with van der Waals surface area (Å²) in [4.78, 5) is 13.0. The van der Waals surface area contributed by atoms with Gasteiger partial charge in [0.1, 0.15) is 23.1 Å². The number of nitrogens with one attached hydrogen (secondary N) is 3. The van der Waals surface area contributed by atoms with E-state index in [1.54, 1.807) is 19.5 Å². The van der Waals surface area contributed by atoms with Gasteiger partial charge < -0.3 is 25.4 Å². The number of morpholine rings is 1. The molecule has 0 unspecified atom stereocenters. The Bertz CT molecular complexity index is 1040. The van der Waals surface area contributed by atoms with E-state index in [1.807, 2.05) is 36.5 Å². The van der Waals surface area contributed by atoms with Gasteiger partial charge in [-0.05, 0) is 23.6 Å². The van der Waals surface area contributed by atoms with Crippen LogP contribution < -0.4 is 20.7 Å². The van der Waals surface area contributed by atoms with Crippen molar-refractivity contribution in [1.29, 1.82) is 0 Å². The molecule has 3 aromatic rings. The maximum absolute atomic E-state index is 5.82. The van der Waals surface area contributed by atoms with Crippen molar-refractivity contribution in [2.24, 2.45) is 0 Å². The Morgan fingerprint density at radius 1 is 1.16 bits per heavy atom. The van der Waals surface area contributed by atoms with E-state index in [1.165, 1.54) is 0 Å². The number of nitrogens with zero attached hydrogens (tertiary/aromatic N) is 3. The first-order valence-electron chi connectivity index (χ1n) is 10.0. The molecule has 31 heavy (non-hydrogen) atoms. The second-order valence-electron chi connectivity index (χ2n) is 6.98. The molecule has 4 rings (SSSR count). The molecule has 0 aliphatic carbocycles. The molecule has 0 amide bonds. The third-order valence-electron chi connectivity index (χ3n) is 4.89. The fourth-order valence-electron chi connectivity index (χ4n) is 3.24. The maximum Gasteiger partial charge on any atom is 0.150 e. The molecule has 158 valence electrons. The molecule has 0 spiro atoms. The fourth-order valence-corrected chi connectivity index (χ4v) is 3.24. The Morgan fingerprint density at radius 3 is 2.68 bits per heavy atom. The minimum absolute atomic E-state index is 0.101. The van der Waals surface area contributed by atoms with E-state index in [4.69, 9.17) is 15.9 Å². The number of hydrogen-bond donors (Lipinski definition) is 3.